The lowest BCUT2D eigenvalue weighted by molar-refractivity contribution is 0.0695. The normalized spacial score (nSPS) is 10.0. The lowest BCUT2D eigenvalue weighted by Gasteiger charge is -2.02. The number of aryl methyl sites for hydroxylation is 1. The average Bonchev–Trinajstić information content (AvgIpc) is 2.04. The fraction of sp³-hybridized carbons (Fsp3) is 0.333. The van der Waals surface area contributed by atoms with Gasteiger partial charge in [-0.05, 0) is 18.6 Å². The van der Waals surface area contributed by atoms with Crippen LogP contribution in [0.4, 0.5) is 0 Å². The standard InChI is InChI=1S/C9H11NO3/c1-6-3-7(5-13-2)10-4-8(6)9(11)12/h3-4H,5H2,1-2H3,(H,11,12). The quantitative estimate of drug-likeness (QED) is 0.762. The van der Waals surface area contributed by atoms with Crippen molar-refractivity contribution >= 4 is 5.97 Å². The SMILES string of the molecule is COCc1cc(C)c(C(=O)O)cn1. The zero-order valence-electron chi connectivity index (χ0n) is 7.57. The Hall–Kier alpha value is -1.42. The highest BCUT2D eigenvalue weighted by atomic mass is 16.5. The average molecular weight is 181 g/mol. The largest absolute Gasteiger partial charge is 0.478 e. The summed E-state index contributed by atoms with van der Waals surface area (Å²) in [5.41, 5.74) is 1.68. The van der Waals surface area contributed by atoms with Gasteiger partial charge in [0.25, 0.3) is 0 Å². The number of pyridine rings is 1. The molecule has 1 rings (SSSR count). The van der Waals surface area contributed by atoms with Gasteiger partial charge in [-0.2, -0.15) is 0 Å². The van der Waals surface area contributed by atoms with Crippen molar-refractivity contribution in [2.24, 2.45) is 0 Å². The van der Waals surface area contributed by atoms with Crippen LogP contribution in [-0.2, 0) is 11.3 Å². The molecule has 0 radical (unpaired) electrons. The molecular weight excluding hydrogens is 170 g/mol. The molecule has 0 aliphatic rings. The fourth-order valence-corrected chi connectivity index (χ4v) is 1.06. The van der Waals surface area contributed by atoms with E-state index < -0.39 is 5.97 Å². The second-order valence-corrected chi connectivity index (χ2v) is 2.73. The maximum atomic E-state index is 10.6. The minimum absolute atomic E-state index is 0.236. The molecule has 0 aliphatic heterocycles. The number of aromatic nitrogens is 1. The fourth-order valence-electron chi connectivity index (χ4n) is 1.06. The highest BCUT2D eigenvalue weighted by molar-refractivity contribution is 5.88. The van der Waals surface area contributed by atoms with Crippen LogP contribution in [-0.4, -0.2) is 23.2 Å². The molecule has 0 fully saturated rings. The Labute approximate surface area is 76.2 Å². The number of hydrogen-bond acceptors (Lipinski definition) is 3. The molecule has 0 unspecified atom stereocenters. The number of hydrogen-bond donors (Lipinski definition) is 1. The summed E-state index contributed by atoms with van der Waals surface area (Å²) in [4.78, 5) is 14.6. The van der Waals surface area contributed by atoms with E-state index in [1.54, 1.807) is 20.1 Å². The summed E-state index contributed by atoms with van der Waals surface area (Å²) in [6.07, 6.45) is 1.35. The van der Waals surface area contributed by atoms with Gasteiger partial charge >= 0.3 is 5.97 Å². The molecule has 4 heteroatoms. The van der Waals surface area contributed by atoms with E-state index >= 15 is 0 Å². The Kier molecular flexibility index (Phi) is 2.97. The Morgan fingerprint density at radius 3 is 2.85 bits per heavy atom. The maximum Gasteiger partial charge on any atom is 0.337 e. The highest BCUT2D eigenvalue weighted by Gasteiger charge is 2.07. The predicted octanol–water partition coefficient (Wildman–Crippen LogP) is 1.23. The van der Waals surface area contributed by atoms with Gasteiger partial charge in [0.05, 0.1) is 17.9 Å². The van der Waals surface area contributed by atoms with Crippen molar-refractivity contribution in [3.8, 4) is 0 Å². The van der Waals surface area contributed by atoms with Crippen molar-refractivity contribution in [3.63, 3.8) is 0 Å². The van der Waals surface area contributed by atoms with E-state index in [1.807, 2.05) is 0 Å². The van der Waals surface area contributed by atoms with Crippen LogP contribution in [0, 0.1) is 6.92 Å². The Morgan fingerprint density at radius 1 is 1.69 bits per heavy atom. The first-order valence-corrected chi connectivity index (χ1v) is 3.83. The van der Waals surface area contributed by atoms with Crippen LogP contribution in [0.5, 0.6) is 0 Å². The molecular formula is C9H11NO3. The van der Waals surface area contributed by atoms with Gasteiger partial charge in [0.2, 0.25) is 0 Å². The number of carboxylic acid groups (broad SMARTS) is 1. The smallest absolute Gasteiger partial charge is 0.337 e. The monoisotopic (exact) mass is 181 g/mol. The van der Waals surface area contributed by atoms with Gasteiger partial charge in [-0.3, -0.25) is 4.98 Å². The molecule has 1 heterocycles. The zero-order valence-corrected chi connectivity index (χ0v) is 7.57. The molecule has 0 amide bonds. The lowest BCUT2D eigenvalue weighted by Crippen LogP contribution is -2.03. The Bertz CT molecular complexity index is 323. The van der Waals surface area contributed by atoms with E-state index in [0.717, 1.165) is 5.69 Å². The molecule has 4 nitrogen and oxygen atoms in total. The van der Waals surface area contributed by atoms with Gasteiger partial charge in [0.15, 0.2) is 0 Å². The summed E-state index contributed by atoms with van der Waals surface area (Å²) in [6, 6.07) is 1.72. The topological polar surface area (TPSA) is 59.4 Å². The van der Waals surface area contributed by atoms with Crippen LogP contribution in [0.15, 0.2) is 12.3 Å². The molecule has 0 spiro atoms. The number of rotatable bonds is 3. The maximum absolute atomic E-state index is 10.6. The van der Waals surface area contributed by atoms with Crippen molar-refractivity contribution < 1.29 is 14.6 Å². The van der Waals surface area contributed by atoms with Crippen LogP contribution in [0.1, 0.15) is 21.6 Å². The highest BCUT2D eigenvalue weighted by Crippen LogP contribution is 2.08. The van der Waals surface area contributed by atoms with Crippen molar-refractivity contribution in [2.75, 3.05) is 7.11 Å². The first-order chi connectivity index (χ1) is 6.15. The molecule has 1 N–H and O–H groups in total. The number of aromatic carboxylic acids is 1. The molecule has 13 heavy (non-hydrogen) atoms. The third-order valence-electron chi connectivity index (χ3n) is 1.69. The summed E-state index contributed by atoms with van der Waals surface area (Å²) in [6.45, 7) is 2.14. The molecule has 1 aromatic rings. The molecule has 0 saturated carbocycles. The van der Waals surface area contributed by atoms with Crippen molar-refractivity contribution in [3.05, 3.63) is 29.1 Å². The molecule has 0 saturated heterocycles. The summed E-state index contributed by atoms with van der Waals surface area (Å²) in [5.74, 6) is -0.950. The van der Waals surface area contributed by atoms with Crippen molar-refractivity contribution in [1.82, 2.24) is 4.98 Å². The Balaban J connectivity index is 2.98. The first-order valence-electron chi connectivity index (χ1n) is 3.83. The molecule has 1 aromatic heterocycles. The molecule has 0 aromatic carbocycles. The minimum atomic E-state index is -0.950. The Morgan fingerprint density at radius 2 is 2.38 bits per heavy atom. The molecule has 0 atom stereocenters. The van der Waals surface area contributed by atoms with Crippen LogP contribution >= 0.6 is 0 Å². The van der Waals surface area contributed by atoms with Gasteiger partial charge in [0.1, 0.15) is 0 Å². The van der Waals surface area contributed by atoms with Gasteiger partial charge in [-0.15, -0.1) is 0 Å². The van der Waals surface area contributed by atoms with Gasteiger partial charge in [-0.25, -0.2) is 4.79 Å². The van der Waals surface area contributed by atoms with Gasteiger partial charge in [0, 0.05) is 13.3 Å². The minimum Gasteiger partial charge on any atom is -0.478 e. The second-order valence-electron chi connectivity index (χ2n) is 2.73. The van der Waals surface area contributed by atoms with E-state index in [-0.39, 0.29) is 5.56 Å². The van der Waals surface area contributed by atoms with Gasteiger partial charge in [-0.1, -0.05) is 0 Å². The first kappa shape index (κ1) is 9.67. The third kappa shape index (κ3) is 2.26. The summed E-state index contributed by atoms with van der Waals surface area (Å²) in [7, 11) is 1.57. The van der Waals surface area contributed by atoms with E-state index in [1.165, 1.54) is 6.20 Å². The zero-order chi connectivity index (χ0) is 9.84. The summed E-state index contributed by atoms with van der Waals surface area (Å²) in [5, 5.41) is 8.72. The second kappa shape index (κ2) is 4.00. The van der Waals surface area contributed by atoms with Crippen molar-refractivity contribution in [2.45, 2.75) is 13.5 Å². The lowest BCUT2D eigenvalue weighted by atomic mass is 10.1. The van der Waals surface area contributed by atoms with Crippen LogP contribution in [0.2, 0.25) is 0 Å². The molecule has 0 aliphatic carbocycles. The third-order valence-corrected chi connectivity index (χ3v) is 1.69. The van der Waals surface area contributed by atoms with Crippen LogP contribution in [0.25, 0.3) is 0 Å². The van der Waals surface area contributed by atoms with E-state index in [2.05, 4.69) is 4.98 Å². The van der Waals surface area contributed by atoms with Crippen LogP contribution < -0.4 is 0 Å². The summed E-state index contributed by atoms with van der Waals surface area (Å²) >= 11 is 0. The van der Waals surface area contributed by atoms with Crippen molar-refractivity contribution in [1.29, 1.82) is 0 Å². The van der Waals surface area contributed by atoms with Crippen LogP contribution in [0.3, 0.4) is 0 Å². The van der Waals surface area contributed by atoms with Gasteiger partial charge < -0.3 is 9.84 Å². The molecule has 70 valence electrons. The number of methoxy groups -OCH3 is 1. The molecule has 0 bridgehead atoms. The van der Waals surface area contributed by atoms with E-state index in [0.29, 0.717) is 12.2 Å². The van der Waals surface area contributed by atoms with E-state index in [9.17, 15) is 4.79 Å². The number of carbonyl (C=O) groups is 1. The number of carboxylic acids is 1. The van der Waals surface area contributed by atoms with E-state index in [4.69, 9.17) is 9.84 Å². The number of nitrogens with zero attached hydrogens (tertiary/aromatic N) is 1. The number of ether oxygens (including phenoxy) is 1. The predicted molar refractivity (Wildman–Crippen MR) is 46.6 cm³/mol. The summed E-state index contributed by atoms with van der Waals surface area (Å²) < 4.78 is 4.87.